The van der Waals surface area contributed by atoms with Gasteiger partial charge in [-0.05, 0) is 12.8 Å². The molecule has 4 atom stereocenters. The molecular weight excluding hydrogens is 441 g/mol. The van der Waals surface area contributed by atoms with Crippen LogP contribution >= 0.6 is 0 Å². The van der Waals surface area contributed by atoms with E-state index in [9.17, 15) is 30.0 Å². The van der Waals surface area contributed by atoms with Gasteiger partial charge >= 0.3 is 23.1 Å². The third-order valence-corrected chi connectivity index (χ3v) is 5.64. The molecule has 2 N–H and O–H groups in total. The zero-order valence-electron chi connectivity index (χ0n) is 20.3. The summed E-state index contributed by atoms with van der Waals surface area (Å²) in [6.07, 6.45) is 9.27. The summed E-state index contributed by atoms with van der Waals surface area (Å²) in [7, 11) is 3.74. The number of aliphatic carboxylic acids is 2. The van der Waals surface area contributed by atoms with Gasteiger partial charge in [0.15, 0.2) is 0 Å². The van der Waals surface area contributed by atoms with Gasteiger partial charge in [0.05, 0.1) is 24.1 Å². The van der Waals surface area contributed by atoms with Gasteiger partial charge in [-0.2, -0.15) is 0 Å². The molecule has 2 heterocycles. The van der Waals surface area contributed by atoms with Crippen molar-refractivity contribution in [1.29, 1.82) is 0 Å². The Hall–Kier alpha value is -1.69. The summed E-state index contributed by atoms with van der Waals surface area (Å²) in [6, 6.07) is 0. The number of carboxylic acid groups (broad SMARTS) is 2. The average molecular weight is 479 g/mol. The van der Waals surface area contributed by atoms with Crippen molar-refractivity contribution in [1.82, 2.24) is 19.6 Å². The first-order chi connectivity index (χ1) is 15.1. The quantitative estimate of drug-likeness (QED) is 0.312. The first-order valence-electron chi connectivity index (χ1n) is 11.2. The van der Waals surface area contributed by atoms with Crippen LogP contribution in [0.3, 0.4) is 0 Å². The van der Waals surface area contributed by atoms with Crippen LogP contribution in [0.5, 0.6) is 0 Å². The van der Waals surface area contributed by atoms with Crippen molar-refractivity contribution in [3.8, 4) is 0 Å². The van der Waals surface area contributed by atoms with Gasteiger partial charge in [-0.1, -0.05) is 26.7 Å². The third kappa shape index (κ3) is 10.4. The van der Waals surface area contributed by atoms with Crippen LogP contribution in [0.15, 0.2) is 24.8 Å². The normalized spacial score (nSPS) is 20.9. The fourth-order valence-electron chi connectivity index (χ4n) is 3.57. The molecule has 0 aromatic rings. The number of carbonyl (C=O) groups is 2. The maximum Gasteiger partial charge on any atom is 2.00 e. The number of nitrogens with zero attached hydrogens (tertiary/aromatic N) is 4. The van der Waals surface area contributed by atoms with Crippen LogP contribution in [0.2, 0.25) is 0 Å². The Kier molecular flexibility index (Phi) is 15.2. The fourth-order valence-corrected chi connectivity index (χ4v) is 3.57. The first-order valence-corrected chi connectivity index (χ1v) is 11.2. The van der Waals surface area contributed by atoms with Crippen molar-refractivity contribution in [2.75, 3.05) is 27.2 Å². The Morgan fingerprint density at radius 1 is 0.788 bits per heavy atom. The van der Waals surface area contributed by atoms with E-state index in [1.165, 1.54) is 0 Å². The minimum absolute atomic E-state index is 0. The van der Waals surface area contributed by atoms with Crippen LogP contribution in [-0.2, 0) is 9.59 Å². The molecule has 0 aromatic heterocycles. The molecule has 0 saturated heterocycles. The van der Waals surface area contributed by atoms with Crippen molar-refractivity contribution in [3.63, 3.8) is 0 Å². The van der Waals surface area contributed by atoms with E-state index in [1.54, 1.807) is 0 Å². The van der Waals surface area contributed by atoms with Crippen molar-refractivity contribution in [2.24, 2.45) is 0 Å². The molecular formula is C22H38MgN4O6. The smallest absolute Gasteiger partial charge is 0.547 e. The van der Waals surface area contributed by atoms with E-state index in [2.05, 4.69) is 23.6 Å². The molecule has 0 bridgehead atoms. The van der Waals surface area contributed by atoms with Crippen molar-refractivity contribution < 1.29 is 30.0 Å². The molecule has 184 valence electrons. The number of hydrogen-bond acceptors (Lipinski definition) is 10. The molecule has 0 amide bonds. The van der Waals surface area contributed by atoms with Crippen LogP contribution in [0.1, 0.15) is 52.4 Å². The van der Waals surface area contributed by atoms with Gasteiger partial charge in [0.25, 0.3) is 0 Å². The number of rotatable bonds is 12. The number of unbranched alkanes of at least 4 members (excludes halogenated alkanes) is 2. The van der Waals surface area contributed by atoms with Crippen molar-refractivity contribution in [3.05, 3.63) is 24.8 Å². The van der Waals surface area contributed by atoms with Crippen LogP contribution in [0, 0.1) is 0 Å². The topological polar surface area (TPSA) is 134 Å². The van der Waals surface area contributed by atoms with Gasteiger partial charge < -0.3 is 49.6 Å². The number of carbonyl (C=O) groups excluding carboxylic acids is 2. The predicted octanol–water partition coefficient (Wildman–Crippen LogP) is -1.72. The van der Waals surface area contributed by atoms with E-state index < -0.39 is 24.1 Å². The van der Waals surface area contributed by atoms with Gasteiger partial charge in [-0.25, -0.2) is 0 Å². The van der Waals surface area contributed by atoms with Gasteiger partial charge in [-0.3, -0.25) is 0 Å². The summed E-state index contributed by atoms with van der Waals surface area (Å²) in [6.45, 7) is 5.96. The maximum atomic E-state index is 10.5. The van der Waals surface area contributed by atoms with E-state index in [1.807, 2.05) is 48.7 Å². The van der Waals surface area contributed by atoms with Crippen LogP contribution in [0.25, 0.3) is 0 Å². The number of aliphatic hydroxyl groups excluding tert-OH is 2. The molecule has 0 saturated carbocycles. The van der Waals surface area contributed by atoms with E-state index in [-0.39, 0.29) is 48.2 Å². The summed E-state index contributed by atoms with van der Waals surface area (Å²) < 4.78 is 0. The standard InChI is InChI=1S/2C11H20N2O3.Mg/c2*1-3-4-5-13-7-6-12(2)10(13)8-9(14)11(15)16;/h2*6-7,9-10,14H,3-5,8H2,1-2H3,(H,15,16);/q;;+2/p-2. The summed E-state index contributed by atoms with van der Waals surface area (Å²) in [4.78, 5) is 28.9. The van der Waals surface area contributed by atoms with Gasteiger partial charge in [0, 0.05) is 64.8 Å². The zero-order valence-corrected chi connectivity index (χ0v) is 21.7. The minimum Gasteiger partial charge on any atom is -0.547 e. The molecule has 10 nitrogen and oxygen atoms in total. The Morgan fingerprint density at radius 2 is 1.12 bits per heavy atom. The van der Waals surface area contributed by atoms with E-state index in [4.69, 9.17) is 0 Å². The Bertz CT molecular complexity index is 596. The summed E-state index contributed by atoms with van der Waals surface area (Å²) in [5.41, 5.74) is 0. The predicted molar refractivity (Wildman–Crippen MR) is 122 cm³/mol. The molecule has 11 heteroatoms. The third-order valence-electron chi connectivity index (χ3n) is 5.64. The number of hydrogen-bond donors (Lipinski definition) is 2. The van der Waals surface area contributed by atoms with Crippen molar-refractivity contribution >= 4 is 35.0 Å². The molecule has 2 aliphatic rings. The van der Waals surface area contributed by atoms with E-state index >= 15 is 0 Å². The second kappa shape index (κ2) is 16.0. The monoisotopic (exact) mass is 478 g/mol. The minimum atomic E-state index is -1.41. The zero-order chi connectivity index (χ0) is 24.3. The molecule has 33 heavy (non-hydrogen) atoms. The maximum absolute atomic E-state index is 10.5. The summed E-state index contributed by atoms with van der Waals surface area (Å²) in [5, 5.41) is 39.6. The summed E-state index contributed by atoms with van der Waals surface area (Å²) in [5.74, 6) is -2.81. The van der Waals surface area contributed by atoms with Gasteiger partial charge in [0.2, 0.25) is 0 Å². The largest absolute Gasteiger partial charge is 2.00 e. The molecule has 0 fully saturated rings. The SMILES string of the molecule is CCCCN1C=CN(C)C1CC(O)C(=O)[O-].CCCCN1C=CN(C)C1CC(O)C(=O)[O-].[Mg+2]. The Labute approximate surface area is 213 Å². The average Bonchev–Trinajstić information content (AvgIpc) is 3.27. The second-order valence-electron chi connectivity index (χ2n) is 8.21. The van der Waals surface area contributed by atoms with Crippen molar-refractivity contribution in [2.45, 2.75) is 76.9 Å². The molecule has 0 aliphatic carbocycles. The van der Waals surface area contributed by atoms with Crippen LogP contribution < -0.4 is 10.2 Å². The van der Waals surface area contributed by atoms with Gasteiger partial charge in [-0.15, -0.1) is 0 Å². The van der Waals surface area contributed by atoms with Gasteiger partial charge in [0.1, 0.15) is 12.3 Å². The summed E-state index contributed by atoms with van der Waals surface area (Å²) >= 11 is 0. The molecule has 0 spiro atoms. The fraction of sp³-hybridized carbons (Fsp3) is 0.727. The Balaban J connectivity index is 0.000000602. The first kappa shape index (κ1) is 31.3. The van der Waals surface area contributed by atoms with E-state index in [0.29, 0.717) is 0 Å². The van der Waals surface area contributed by atoms with Crippen LogP contribution in [0.4, 0.5) is 0 Å². The Morgan fingerprint density at radius 3 is 1.39 bits per heavy atom. The molecule has 0 aromatic carbocycles. The molecule has 2 rings (SSSR count). The number of carboxylic acids is 2. The second-order valence-corrected chi connectivity index (χ2v) is 8.21. The molecule has 0 radical (unpaired) electrons. The van der Waals surface area contributed by atoms with E-state index in [0.717, 1.165) is 38.8 Å². The molecule has 2 aliphatic heterocycles. The molecule has 4 unspecified atom stereocenters. The van der Waals surface area contributed by atoms with Crippen LogP contribution in [-0.4, -0.2) is 117 Å². The number of aliphatic hydroxyl groups is 2.